The van der Waals surface area contributed by atoms with Crippen LogP contribution in [-0.4, -0.2) is 29.5 Å². The van der Waals surface area contributed by atoms with Gasteiger partial charge in [-0.1, -0.05) is 6.07 Å². The number of nitrogens with zero attached hydrogens (tertiary/aromatic N) is 1. The first kappa shape index (κ1) is 11.7. The third kappa shape index (κ3) is 2.49. The average Bonchev–Trinajstić information content (AvgIpc) is 2.37. The maximum absolute atomic E-state index is 9.82. The van der Waals surface area contributed by atoms with Crippen molar-refractivity contribution < 1.29 is 19.7 Å². The van der Waals surface area contributed by atoms with Crippen LogP contribution in [0.2, 0.25) is 0 Å². The zero-order valence-corrected chi connectivity index (χ0v) is 9.17. The van der Waals surface area contributed by atoms with Crippen LogP contribution in [0.3, 0.4) is 0 Å². The Morgan fingerprint density at radius 1 is 1.24 bits per heavy atom. The van der Waals surface area contributed by atoms with E-state index in [0.717, 1.165) is 0 Å². The largest absolute Gasteiger partial charge is 0.486 e. The van der Waals surface area contributed by atoms with E-state index in [4.69, 9.17) is 14.7 Å². The zero-order chi connectivity index (χ0) is 12.3. The molecule has 17 heavy (non-hydrogen) atoms. The lowest BCUT2D eigenvalue weighted by Gasteiger charge is -2.21. The molecule has 2 N–H and O–H groups in total. The molecule has 0 amide bonds. The first-order valence-electron chi connectivity index (χ1n) is 5.35. The molecule has 1 aliphatic rings. The van der Waals surface area contributed by atoms with E-state index in [1.54, 1.807) is 18.2 Å². The molecule has 2 atom stereocenters. The number of benzene rings is 1. The minimum atomic E-state index is -1.09. The second kappa shape index (κ2) is 5.04. The number of fused-ring (bicyclic) bond motifs is 1. The van der Waals surface area contributed by atoms with E-state index in [2.05, 4.69) is 0 Å². The second-order valence-electron chi connectivity index (χ2n) is 3.78. The summed E-state index contributed by atoms with van der Waals surface area (Å²) < 4.78 is 10.7. The Balaban J connectivity index is 2.19. The van der Waals surface area contributed by atoms with Gasteiger partial charge in [-0.3, -0.25) is 0 Å². The van der Waals surface area contributed by atoms with Crippen LogP contribution in [0.1, 0.15) is 18.1 Å². The van der Waals surface area contributed by atoms with E-state index in [1.807, 2.05) is 6.07 Å². The van der Waals surface area contributed by atoms with E-state index in [-0.39, 0.29) is 6.42 Å². The van der Waals surface area contributed by atoms with Crippen molar-refractivity contribution in [3.8, 4) is 17.6 Å². The molecule has 1 aromatic carbocycles. The van der Waals surface area contributed by atoms with Crippen molar-refractivity contribution in [1.29, 1.82) is 5.26 Å². The highest BCUT2D eigenvalue weighted by Gasteiger charge is 2.20. The standard InChI is InChI=1S/C12H13NO4/c13-4-3-9(14)12(15)8-1-2-10-11(7-8)17-6-5-16-10/h1-2,7,9,12,14-15H,3,5-6H2. The Labute approximate surface area is 98.8 Å². The summed E-state index contributed by atoms with van der Waals surface area (Å²) in [6.07, 6.45) is -2.30. The van der Waals surface area contributed by atoms with E-state index in [9.17, 15) is 10.2 Å². The Kier molecular flexibility index (Phi) is 3.47. The smallest absolute Gasteiger partial charge is 0.161 e. The van der Waals surface area contributed by atoms with E-state index >= 15 is 0 Å². The number of rotatable bonds is 3. The first-order valence-corrected chi connectivity index (χ1v) is 5.35. The summed E-state index contributed by atoms with van der Waals surface area (Å²) in [5.41, 5.74) is 0.511. The molecular weight excluding hydrogens is 222 g/mol. The van der Waals surface area contributed by atoms with Gasteiger partial charge in [0.2, 0.25) is 0 Å². The molecule has 5 nitrogen and oxygen atoms in total. The third-order valence-electron chi connectivity index (χ3n) is 2.57. The predicted molar refractivity (Wildman–Crippen MR) is 58.6 cm³/mol. The van der Waals surface area contributed by atoms with Gasteiger partial charge in [0.05, 0.1) is 18.6 Å². The fourth-order valence-electron chi connectivity index (χ4n) is 1.67. The number of aliphatic hydroxyl groups is 2. The van der Waals surface area contributed by atoms with Crippen LogP contribution < -0.4 is 9.47 Å². The van der Waals surface area contributed by atoms with Crippen LogP contribution in [0, 0.1) is 11.3 Å². The van der Waals surface area contributed by atoms with Gasteiger partial charge in [-0.05, 0) is 17.7 Å². The fourth-order valence-corrected chi connectivity index (χ4v) is 1.67. The minimum Gasteiger partial charge on any atom is -0.486 e. The quantitative estimate of drug-likeness (QED) is 0.808. The molecule has 0 spiro atoms. The molecule has 5 heteroatoms. The van der Waals surface area contributed by atoms with Gasteiger partial charge in [0.15, 0.2) is 11.5 Å². The SMILES string of the molecule is N#CCC(O)C(O)c1ccc2c(c1)OCCO2. The molecule has 1 heterocycles. The molecule has 0 bridgehead atoms. The van der Waals surface area contributed by atoms with Gasteiger partial charge < -0.3 is 19.7 Å². The summed E-state index contributed by atoms with van der Waals surface area (Å²) in [7, 11) is 0. The molecule has 0 radical (unpaired) electrons. The summed E-state index contributed by atoms with van der Waals surface area (Å²) in [5.74, 6) is 1.18. The molecule has 1 aromatic rings. The lowest BCUT2D eigenvalue weighted by molar-refractivity contribution is 0.0213. The van der Waals surface area contributed by atoms with Crippen molar-refractivity contribution in [3.63, 3.8) is 0 Å². The molecule has 2 unspecified atom stereocenters. The molecule has 90 valence electrons. The summed E-state index contributed by atoms with van der Waals surface area (Å²) in [6.45, 7) is 0.971. The molecular formula is C12H13NO4. The Bertz CT molecular complexity index is 441. The Hall–Kier alpha value is -1.77. The fraction of sp³-hybridized carbons (Fsp3) is 0.417. The number of aliphatic hydroxyl groups excluding tert-OH is 2. The van der Waals surface area contributed by atoms with Crippen molar-refractivity contribution in [2.24, 2.45) is 0 Å². The van der Waals surface area contributed by atoms with Gasteiger partial charge in [-0.2, -0.15) is 5.26 Å². The highest BCUT2D eigenvalue weighted by atomic mass is 16.6. The minimum absolute atomic E-state index is 0.115. The summed E-state index contributed by atoms with van der Waals surface area (Å²) in [5, 5.41) is 27.8. The molecule has 0 fully saturated rings. The van der Waals surface area contributed by atoms with Gasteiger partial charge in [-0.15, -0.1) is 0 Å². The number of nitriles is 1. The lowest BCUT2D eigenvalue weighted by atomic mass is 10.0. The summed E-state index contributed by atoms with van der Waals surface area (Å²) >= 11 is 0. The first-order chi connectivity index (χ1) is 8.22. The van der Waals surface area contributed by atoms with Crippen molar-refractivity contribution >= 4 is 0 Å². The normalized spacial score (nSPS) is 17.0. The lowest BCUT2D eigenvalue weighted by Crippen LogP contribution is -2.19. The van der Waals surface area contributed by atoms with Crippen molar-refractivity contribution in [3.05, 3.63) is 23.8 Å². The van der Waals surface area contributed by atoms with Crippen LogP contribution in [0.15, 0.2) is 18.2 Å². The van der Waals surface area contributed by atoms with Crippen molar-refractivity contribution in [1.82, 2.24) is 0 Å². The maximum Gasteiger partial charge on any atom is 0.161 e. The third-order valence-corrected chi connectivity index (χ3v) is 2.57. The highest BCUT2D eigenvalue weighted by molar-refractivity contribution is 5.44. The van der Waals surface area contributed by atoms with E-state index in [1.165, 1.54) is 0 Å². The van der Waals surface area contributed by atoms with Gasteiger partial charge in [-0.25, -0.2) is 0 Å². The molecule has 0 saturated carbocycles. The van der Waals surface area contributed by atoms with Gasteiger partial charge in [0, 0.05) is 0 Å². The van der Waals surface area contributed by atoms with E-state index in [0.29, 0.717) is 30.3 Å². The monoisotopic (exact) mass is 235 g/mol. The topological polar surface area (TPSA) is 82.7 Å². The Morgan fingerprint density at radius 3 is 2.65 bits per heavy atom. The zero-order valence-electron chi connectivity index (χ0n) is 9.17. The van der Waals surface area contributed by atoms with Gasteiger partial charge >= 0.3 is 0 Å². The molecule has 0 saturated heterocycles. The van der Waals surface area contributed by atoms with Gasteiger partial charge in [0.25, 0.3) is 0 Å². The second-order valence-corrected chi connectivity index (χ2v) is 3.78. The van der Waals surface area contributed by atoms with Gasteiger partial charge in [0.1, 0.15) is 19.3 Å². The molecule has 0 aromatic heterocycles. The number of hydrogen-bond acceptors (Lipinski definition) is 5. The average molecular weight is 235 g/mol. The maximum atomic E-state index is 9.82. The molecule has 0 aliphatic carbocycles. The molecule has 1 aliphatic heterocycles. The van der Waals surface area contributed by atoms with Crippen LogP contribution in [0.4, 0.5) is 0 Å². The summed E-state index contributed by atoms with van der Waals surface area (Å²) in [6, 6.07) is 6.78. The van der Waals surface area contributed by atoms with Crippen LogP contribution >= 0.6 is 0 Å². The van der Waals surface area contributed by atoms with Crippen molar-refractivity contribution in [2.75, 3.05) is 13.2 Å². The number of hydrogen-bond donors (Lipinski definition) is 2. The Morgan fingerprint density at radius 2 is 1.94 bits per heavy atom. The van der Waals surface area contributed by atoms with E-state index < -0.39 is 12.2 Å². The van der Waals surface area contributed by atoms with Crippen LogP contribution in [-0.2, 0) is 0 Å². The summed E-state index contributed by atoms with van der Waals surface area (Å²) in [4.78, 5) is 0. The number of ether oxygens (including phenoxy) is 2. The van der Waals surface area contributed by atoms with Crippen LogP contribution in [0.5, 0.6) is 11.5 Å². The molecule has 2 rings (SSSR count). The van der Waals surface area contributed by atoms with Crippen LogP contribution in [0.25, 0.3) is 0 Å². The highest BCUT2D eigenvalue weighted by Crippen LogP contribution is 2.33. The predicted octanol–water partition coefficient (Wildman–Crippen LogP) is 0.766. The van der Waals surface area contributed by atoms with Crippen molar-refractivity contribution in [2.45, 2.75) is 18.6 Å².